The van der Waals surface area contributed by atoms with E-state index in [1.807, 2.05) is 30.3 Å². The summed E-state index contributed by atoms with van der Waals surface area (Å²) in [5, 5.41) is 11.6. The van der Waals surface area contributed by atoms with Gasteiger partial charge in [-0.1, -0.05) is 36.8 Å². The third kappa shape index (κ3) is 2.95. The van der Waals surface area contributed by atoms with Gasteiger partial charge in [0.2, 0.25) is 0 Å². The van der Waals surface area contributed by atoms with Crippen molar-refractivity contribution in [2.75, 3.05) is 0 Å². The Labute approximate surface area is 189 Å². The monoisotopic (exact) mass is 432 g/mol. The van der Waals surface area contributed by atoms with E-state index in [-0.39, 0.29) is 29.2 Å². The molecule has 0 radical (unpaired) electrons. The zero-order valence-corrected chi connectivity index (χ0v) is 19.2. The van der Waals surface area contributed by atoms with Crippen molar-refractivity contribution in [2.45, 2.75) is 77.2 Å². The molecular weight excluding hydrogens is 400 g/mol. The molecule has 168 valence electrons. The minimum atomic E-state index is -1.29. The van der Waals surface area contributed by atoms with E-state index in [0.717, 1.165) is 31.2 Å². The Bertz CT molecular complexity index is 1080. The van der Waals surface area contributed by atoms with Crippen LogP contribution in [0.4, 0.5) is 0 Å². The van der Waals surface area contributed by atoms with Crippen molar-refractivity contribution in [3.8, 4) is 0 Å². The van der Waals surface area contributed by atoms with Crippen molar-refractivity contribution in [2.24, 2.45) is 17.3 Å². The molecule has 2 fully saturated rings. The van der Waals surface area contributed by atoms with E-state index in [2.05, 4.69) is 6.92 Å². The van der Waals surface area contributed by atoms with Crippen molar-refractivity contribution in [1.82, 2.24) is 0 Å². The molecule has 5 rings (SSSR count). The van der Waals surface area contributed by atoms with Crippen molar-refractivity contribution in [3.05, 3.63) is 58.2 Å². The summed E-state index contributed by atoms with van der Waals surface area (Å²) < 4.78 is 0. The SMILES string of the molecule is CC(=O)c1ccc([C@H]2C[C@@]3(C)[C@@H](CC[C@]3(O)C(C)=O)[C@@H]3CCC4=CC(=O)CCC4=C32)cc1. The molecule has 5 atom stereocenters. The van der Waals surface area contributed by atoms with Crippen LogP contribution in [0, 0.1) is 17.3 Å². The molecule has 0 aromatic heterocycles. The van der Waals surface area contributed by atoms with Crippen LogP contribution in [0.5, 0.6) is 0 Å². The number of ketones is 3. The van der Waals surface area contributed by atoms with Gasteiger partial charge < -0.3 is 5.11 Å². The number of carbonyl (C=O) groups is 3. The first kappa shape index (κ1) is 21.5. The van der Waals surface area contributed by atoms with Crippen LogP contribution in [0.25, 0.3) is 0 Å². The lowest BCUT2D eigenvalue weighted by Crippen LogP contribution is -2.55. The van der Waals surface area contributed by atoms with Crippen LogP contribution in [-0.2, 0) is 9.59 Å². The second-order valence-electron chi connectivity index (χ2n) is 10.6. The van der Waals surface area contributed by atoms with E-state index in [0.29, 0.717) is 30.7 Å². The Balaban J connectivity index is 1.68. The summed E-state index contributed by atoms with van der Waals surface area (Å²) in [6.07, 6.45) is 7.17. The van der Waals surface area contributed by atoms with Crippen molar-refractivity contribution in [3.63, 3.8) is 0 Å². The quantitative estimate of drug-likeness (QED) is 0.674. The number of benzene rings is 1. The van der Waals surface area contributed by atoms with Crippen molar-refractivity contribution in [1.29, 1.82) is 0 Å². The summed E-state index contributed by atoms with van der Waals surface area (Å²) in [4.78, 5) is 36.6. The number of hydrogen-bond donors (Lipinski definition) is 1. The molecule has 0 aliphatic heterocycles. The van der Waals surface area contributed by atoms with Crippen LogP contribution in [0.1, 0.15) is 87.6 Å². The van der Waals surface area contributed by atoms with Gasteiger partial charge in [0.05, 0.1) is 0 Å². The van der Waals surface area contributed by atoms with E-state index in [4.69, 9.17) is 0 Å². The number of carbonyl (C=O) groups excluding carboxylic acids is 3. The molecule has 0 bridgehead atoms. The maximum absolute atomic E-state index is 12.7. The molecule has 4 aliphatic rings. The Morgan fingerprint density at radius 2 is 1.75 bits per heavy atom. The van der Waals surface area contributed by atoms with Gasteiger partial charge in [0, 0.05) is 23.3 Å². The second-order valence-corrected chi connectivity index (χ2v) is 10.6. The largest absolute Gasteiger partial charge is 0.382 e. The fraction of sp³-hybridized carbons (Fsp3) is 0.536. The number of aliphatic hydroxyl groups is 1. The molecular formula is C28H32O4. The van der Waals surface area contributed by atoms with Gasteiger partial charge in [-0.2, -0.15) is 0 Å². The van der Waals surface area contributed by atoms with Gasteiger partial charge in [-0.25, -0.2) is 0 Å². The third-order valence-electron chi connectivity index (χ3n) is 9.19. The van der Waals surface area contributed by atoms with Gasteiger partial charge in [-0.15, -0.1) is 0 Å². The molecule has 1 aromatic carbocycles. The van der Waals surface area contributed by atoms with Gasteiger partial charge in [-0.05, 0) is 87.0 Å². The molecule has 0 unspecified atom stereocenters. The Morgan fingerprint density at radius 3 is 2.41 bits per heavy atom. The molecule has 32 heavy (non-hydrogen) atoms. The standard InChI is InChI=1S/C28H32O4/c1-16(29)18-4-6-19(7-5-18)24-15-27(3)25(12-13-28(27,32)17(2)30)23-10-8-20-14-21(31)9-11-22(20)26(23)24/h4-7,14,23-25,32H,8-13,15H2,1-3H3/t23-,24+,25-,27-,28-/m0/s1. The smallest absolute Gasteiger partial charge is 0.161 e. The average molecular weight is 433 g/mol. The minimum absolute atomic E-state index is 0.0440. The molecule has 4 aliphatic carbocycles. The maximum atomic E-state index is 12.7. The Morgan fingerprint density at radius 1 is 1.03 bits per heavy atom. The molecule has 1 aromatic rings. The topological polar surface area (TPSA) is 71.4 Å². The molecule has 0 spiro atoms. The Hall–Kier alpha value is -2.33. The van der Waals surface area contributed by atoms with Gasteiger partial charge in [-0.3, -0.25) is 14.4 Å². The molecule has 2 saturated carbocycles. The average Bonchev–Trinajstić information content (AvgIpc) is 3.04. The molecule has 1 N–H and O–H groups in total. The first-order chi connectivity index (χ1) is 15.2. The van der Waals surface area contributed by atoms with E-state index >= 15 is 0 Å². The van der Waals surface area contributed by atoms with Crippen LogP contribution < -0.4 is 0 Å². The summed E-state index contributed by atoms with van der Waals surface area (Å²) in [6.45, 7) is 5.23. The van der Waals surface area contributed by atoms with E-state index in [9.17, 15) is 19.5 Å². The zero-order valence-electron chi connectivity index (χ0n) is 19.2. The summed E-state index contributed by atoms with van der Waals surface area (Å²) >= 11 is 0. The van der Waals surface area contributed by atoms with E-state index in [1.165, 1.54) is 23.6 Å². The predicted molar refractivity (Wildman–Crippen MR) is 122 cm³/mol. The minimum Gasteiger partial charge on any atom is -0.382 e. The van der Waals surface area contributed by atoms with Crippen molar-refractivity contribution >= 4 is 17.3 Å². The summed E-state index contributed by atoms with van der Waals surface area (Å²) in [6, 6.07) is 7.87. The lowest BCUT2D eigenvalue weighted by atomic mass is 9.51. The fourth-order valence-corrected chi connectivity index (χ4v) is 7.49. The first-order valence-corrected chi connectivity index (χ1v) is 12.0. The molecule has 4 heteroatoms. The number of hydrogen-bond acceptors (Lipinski definition) is 4. The Kier molecular flexibility index (Phi) is 4.94. The maximum Gasteiger partial charge on any atom is 0.161 e. The van der Waals surface area contributed by atoms with Gasteiger partial charge in [0.25, 0.3) is 0 Å². The lowest BCUT2D eigenvalue weighted by Gasteiger charge is -2.54. The van der Waals surface area contributed by atoms with Crippen LogP contribution in [0.15, 0.2) is 47.1 Å². The van der Waals surface area contributed by atoms with Crippen LogP contribution >= 0.6 is 0 Å². The van der Waals surface area contributed by atoms with Crippen LogP contribution in [0.2, 0.25) is 0 Å². The third-order valence-corrected chi connectivity index (χ3v) is 9.19. The first-order valence-electron chi connectivity index (χ1n) is 12.0. The van der Waals surface area contributed by atoms with Crippen LogP contribution in [0.3, 0.4) is 0 Å². The highest BCUT2D eigenvalue weighted by Crippen LogP contribution is 2.66. The molecule has 0 saturated heterocycles. The number of rotatable bonds is 3. The zero-order chi connectivity index (χ0) is 22.8. The highest BCUT2D eigenvalue weighted by atomic mass is 16.3. The van der Waals surface area contributed by atoms with Crippen LogP contribution in [-0.4, -0.2) is 28.1 Å². The lowest BCUT2D eigenvalue weighted by molar-refractivity contribution is -0.152. The molecule has 0 amide bonds. The van der Waals surface area contributed by atoms with Gasteiger partial charge in [0.1, 0.15) is 5.60 Å². The molecule has 4 nitrogen and oxygen atoms in total. The highest BCUT2D eigenvalue weighted by molar-refractivity contribution is 5.94. The fourth-order valence-electron chi connectivity index (χ4n) is 7.49. The second kappa shape index (κ2) is 7.34. The van der Waals surface area contributed by atoms with Crippen molar-refractivity contribution < 1.29 is 19.5 Å². The van der Waals surface area contributed by atoms with E-state index in [1.54, 1.807) is 6.92 Å². The number of fused-ring (bicyclic) bond motifs is 4. The summed E-state index contributed by atoms with van der Waals surface area (Å²) in [5.74, 6) is 0.813. The summed E-state index contributed by atoms with van der Waals surface area (Å²) in [7, 11) is 0. The van der Waals surface area contributed by atoms with Gasteiger partial charge in [0.15, 0.2) is 17.3 Å². The highest BCUT2D eigenvalue weighted by Gasteiger charge is 2.64. The number of allylic oxidation sites excluding steroid dienone is 4. The van der Waals surface area contributed by atoms with E-state index < -0.39 is 11.0 Å². The molecule has 0 heterocycles. The van der Waals surface area contributed by atoms with Gasteiger partial charge >= 0.3 is 0 Å². The normalized spacial score (nSPS) is 36.2. The predicted octanol–water partition coefficient (Wildman–Crippen LogP) is 5.11. The summed E-state index contributed by atoms with van der Waals surface area (Å²) in [5.41, 5.74) is 4.03. The number of Topliss-reactive ketones (excluding diaryl/α,β-unsaturated/α-hetero) is 2.